The van der Waals surface area contributed by atoms with E-state index in [0.717, 1.165) is 6.42 Å². The van der Waals surface area contributed by atoms with Crippen molar-refractivity contribution in [1.82, 2.24) is 5.32 Å². The Labute approximate surface area is 112 Å². The molecule has 0 spiro atoms. The first-order valence-corrected chi connectivity index (χ1v) is 7.45. The van der Waals surface area contributed by atoms with E-state index in [0.29, 0.717) is 11.5 Å². The molecular formula is C17H27N. The molecule has 1 heteroatoms. The highest BCUT2D eigenvalue weighted by Crippen LogP contribution is 2.35. The number of hydrogen-bond donors (Lipinski definition) is 1. The minimum Gasteiger partial charge on any atom is -0.313 e. The Morgan fingerprint density at radius 2 is 1.78 bits per heavy atom. The van der Waals surface area contributed by atoms with Gasteiger partial charge in [-0.15, -0.1) is 0 Å². The fraction of sp³-hybridized carbons (Fsp3) is 0.647. The first-order chi connectivity index (χ1) is 8.68. The van der Waals surface area contributed by atoms with Crippen LogP contribution in [-0.4, -0.2) is 12.6 Å². The molecule has 0 saturated heterocycles. The predicted octanol–water partition coefficient (Wildman–Crippen LogP) is 4.18. The third kappa shape index (κ3) is 4.13. The van der Waals surface area contributed by atoms with Gasteiger partial charge >= 0.3 is 0 Å². The highest BCUT2D eigenvalue weighted by Gasteiger charge is 2.26. The van der Waals surface area contributed by atoms with Crippen LogP contribution in [-0.2, 0) is 6.42 Å². The molecule has 0 radical (unpaired) electrons. The van der Waals surface area contributed by atoms with E-state index < -0.39 is 0 Å². The minimum atomic E-state index is 0.545. The van der Waals surface area contributed by atoms with Gasteiger partial charge < -0.3 is 5.32 Å². The van der Waals surface area contributed by atoms with Gasteiger partial charge in [-0.2, -0.15) is 0 Å². The average molecular weight is 245 g/mol. The molecule has 0 bridgehead atoms. The summed E-state index contributed by atoms with van der Waals surface area (Å²) >= 11 is 0. The molecule has 1 aromatic carbocycles. The molecule has 0 aliphatic heterocycles. The predicted molar refractivity (Wildman–Crippen MR) is 78.8 cm³/mol. The van der Waals surface area contributed by atoms with Gasteiger partial charge in [0.05, 0.1) is 0 Å². The zero-order valence-corrected chi connectivity index (χ0v) is 11.9. The van der Waals surface area contributed by atoms with Crippen LogP contribution in [0.15, 0.2) is 30.3 Å². The molecule has 1 N–H and O–H groups in total. The second-order valence-electron chi connectivity index (χ2n) is 6.34. The summed E-state index contributed by atoms with van der Waals surface area (Å²) in [6.07, 6.45) is 8.22. The maximum atomic E-state index is 3.74. The number of rotatable bonds is 5. The van der Waals surface area contributed by atoms with Gasteiger partial charge in [0, 0.05) is 12.6 Å². The fourth-order valence-electron chi connectivity index (χ4n) is 3.04. The Balaban J connectivity index is 1.76. The van der Waals surface area contributed by atoms with Crippen LogP contribution >= 0.6 is 0 Å². The minimum absolute atomic E-state index is 0.545. The summed E-state index contributed by atoms with van der Waals surface area (Å²) in [6.45, 7) is 5.94. The van der Waals surface area contributed by atoms with Crippen LogP contribution in [0.5, 0.6) is 0 Å². The summed E-state index contributed by atoms with van der Waals surface area (Å²) in [6, 6.07) is 11.4. The van der Waals surface area contributed by atoms with Gasteiger partial charge in [0.1, 0.15) is 0 Å². The molecule has 2 rings (SSSR count). The monoisotopic (exact) mass is 245 g/mol. The average Bonchev–Trinajstić information content (AvgIpc) is 2.39. The van der Waals surface area contributed by atoms with Crippen LogP contribution in [0.1, 0.15) is 51.5 Å². The van der Waals surface area contributed by atoms with Crippen LogP contribution in [0.2, 0.25) is 0 Å². The van der Waals surface area contributed by atoms with Crippen molar-refractivity contribution in [3.8, 4) is 0 Å². The van der Waals surface area contributed by atoms with E-state index in [9.17, 15) is 0 Å². The zero-order valence-electron chi connectivity index (χ0n) is 11.9. The van der Waals surface area contributed by atoms with Crippen molar-refractivity contribution >= 4 is 0 Å². The van der Waals surface area contributed by atoms with E-state index >= 15 is 0 Å². The van der Waals surface area contributed by atoms with Crippen LogP contribution in [0.4, 0.5) is 0 Å². The first-order valence-electron chi connectivity index (χ1n) is 7.45. The van der Waals surface area contributed by atoms with Crippen LogP contribution in [0.25, 0.3) is 0 Å². The Hall–Kier alpha value is -0.820. The summed E-state index contributed by atoms with van der Waals surface area (Å²) in [5.74, 6) is 0. The van der Waals surface area contributed by atoms with E-state index in [1.54, 1.807) is 0 Å². The molecule has 1 aromatic rings. The lowest BCUT2D eigenvalue weighted by Crippen LogP contribution is -2.39. The van der Waals surface area contributed by atoms with Crippen molar-refractivity contribution in [2.45, 2.75) is 58.4 Å². The smallest absolute Gasteiger partial charge is 0.00793 e. The second-order valence-corrected chi connectivity index (χ2v) is 6.34. The van der Waals surface area contributed by atoms with Gasteiger partial charge in [0.15, 0.2) is 0 Å². The molecule has 1 aliphatic rings. The molecule has 18 heavy (non-hydrogen) atoms. The Morgan fingerprint density at radius 1 is 1.11 bits per heavy atom. The van der Waals surface area contributed by atoms with Gasteiger partial charge in [-0.1, -0.05) is 56.5 Å². The van der Waals surface area contributed by atoms with E-state index in [4.69, 9.17) is 0 Å². The molecule has 0 aromatic heterocycles. The van der Waals surface area contributed by atoms with Gasteiger partial charge in [0.25, 0.3) is 0 Å². The molecule has 1 fully saturated rings. The molecule has 1 unspecified atom stereocenters. The van der Waals surface area contributed by atoms with Gasteiger partial charge in [-0.25, -0.2) is 0 Å². The third-order valence-electron chi connectivity index (χ3n) is 4.32. The van der Waals surface area contributed by atoms with Gasteiger partial charge in [-0.05, 0) is 37.2 Å². The number of nitrogens with one attached hydrogen (secondary N) is 1. The summed E-state index contributed by atoms with van der Waals surface area (Å²) in [4.78, 5) is 0. The van der Waals surface area contributed by atoms with Crippen molar-refractivity contribution in [1.29, 1.82) is 0 Å². The molecular weight excluding hydrogens is 218 g/mol. The van der Waals surface area contributed by atoms with Crippen molar-refractivity contribution < 1.29 is 0 Å². The summed E-state index contributed by atoms with van der Waals surface area (Å²) in [5.41, 5.74) is 1.98. The van der Waals surface area contributed by atoms with Gasteiger partial charge in [0.2, 0.25) is 0 Å². The molecule has 1 aliphatic carbocycles. The first kappa shape index (κ1) is 13.6. The topological polar surface area (TPSA) is 12.0 Å². The van der Waals surface area contributed by atoms with Crippen molar-refractivity contribution in [3.63, 3.8) is 0 Å². The molecule has 100 valence electrons. The normalized spacial score (nSPS) is 20.6. The van der Waals surface area contributed by atoms with Crippen LogP contribution in [0, 0.1) is 5.41 Å². The fourth-order valence-corrected chi connectivity index (χ4v) is 3.04. The van der Waals surface area contributed by atoms with E-state index in [1.807, 2.05) is 0 Å². The lowest BCUT2D eigenvalue weighted by atomic mass is 9.75. The van der Waals surface area contributed by atoms with Crippen molar-refractivity contribution in [2.24, 2.45) is 5.41 Å². The quantitative estimate of drug-likeness (QED) is 0.820. The van der Waals surface area contributed by atoms with Crippen molar-refractivity contribution in [3.05, 3.63) is 35.9 Å². The lowest BCUT2D eigenvalue weighted by Gasteiger charge is -2.35. The maximum absolute atomic E-state index is 3.74. The summed E-state index contributed by atoms with van der Waals surface area (Å²) in [5, 5.41) is 3.74. The molecule has 0 heterocycles. The molecule has 1 nitrogen and oxygen atoms in total. The molecule has 1 saturated carbocycles. The highest BCUT2D eigenvalue weighted by molar-refractivity contribution is 5.15. The van der Waals surface area contributed by atoms with Crippen LogP contribution < -0.4 is 5.32 Å². The Morgan fingerprint density at radius 3 is 2.44 bits per heavy atom. The standard InChI is InChI=1S/C17H27N/c1-15(13-16-9-5-3-6-10-16)18-14-17(2)11-7-4-8-12-17/h3,5-6,9-10,15,18H,4,7-8,11-14H2,1-2H3. The zero-order chi connectivity index (χ0) is 12.8. The SMILES string of the molecule is CC(Cc1ccccc1)NCC1(C)CCCCC1. The number of hydrogen-bond acceptors (Lipinski definition) is 1. The van der Waals surface area contributed by atoms with E-state index in [1.165, 1.54) is 44.2 Å². The maximum Gasteiger partial charge on any atom is 0.00793 e. The lowest BCUT2D eigenvalue weighted by molar-refractivity contribution is 0.201. The Kier molecular flexibility index (Phi) is 4.82. The summed E-state index contributed by atoms with van der Waals surface area (Å²) < 4.78 is 0. The molecule has 0 amide bonds. The third-order valence-corrected chi connectivity index (χ3v) is 4.32. The molecule has 1 atom stereocenters. The van der Waals surface area contributed by atoms with E-state index in [-0.39, 0.29) is 0 Å². The Bertz CT molecular complexity index is 338. The largest absolute Gasteiger partial charge is 0.313 e. The van der Waals surface area contributed by atoms with Crippen LogP contribution in [0.3, 0.4) is 0 Å². The van der Waals surface area contributed by atoms with E-state index in [2.05, 4.69) is 49.5 Å². The highest BCUT2D eigenvalue weighted by atomic mass is 14.9. The second kappa shape index (κ2) is 6.38. The number of benzene rings is 1. The van der Waals surface area contributed by atoms with Gasteiger partial charge in [-0.3, -0.25) is 0 Å². The van der Waals surface area contributed by atoms with Crippen molar-refractivity contribution in [2.75, 3.05) is 6.54 Å². The summed E-state index contributed by atoms with van der Waals surface area (Å²) in [7, 11) is 0.